The van der Waals surface area contributed by atoms with Crippen molar-refractivity contribution in [1.29, 1.82) is 0 Å². The lowest BCUT2D eigenvalue weighted by atomic mass is 10.1. The van der Waals surface area contributed by atoms with E-state index in [4.69, 9.17) is 0 Å². The van der Waals surface area contributed by atoms with Crippen molar-refractivity contribution in [2.75, 3.05) is 0 Å². The number of hydrogen-bond donors (Lipinski definition) is 3. The Kier molecular flexibility index (Phi) is 2.89. The topological polar surface area (TPSA) is 95.1 Å². The van der Waals surface area contributed by atoms with Crippen molar-refractivity contribution >= 4 is 10.0 Å². The third-order valence-corrected chi connectivity index (χ3v) is 4.62. The van der Waals surface area contributed by atoms with Crippen molar-refractivity contribution in [2.24, 2.45) is 0 Å². The molecular weight excluding hydrogens is 266 g/mol. The highest BCUT2D eigenvalue weighted by atomic mass is 32.2. The van der Waals surface area contributed by atoms with Gasteiger partial charge in [-0.1, -0.05) is 24.3 Å². The maximum Gasteiger partial charge on any atom is 0.258 e. The van der Waals surface area contributed by atoms with E-state index in [1.165, 1.54) is 12.5 Å². The van der Waals surface area contributed by atoms with Gasteiger partial charge in [-0.05, 0) is 11.1 Å². The number of sulfonamides is 1. The number of aliphatic hydroxyl groups is 1. The summed E-state index contributed by atoms with van der Waals surface area (Å²) in [5.74, 6) is 0. The largest absolute Gasteiger partial charge is 0.391 e. The lowest BCUT2D eigenvalue weighted by molar-refractivity contribution is 0.151. The molecule has 1 aromatic heterocycles. The van der Waals surface area contributed by atoms with E-state index in [0.717, 1.165) is 11.1 Å². The average Bonchev–Trinajstić information content (AvgIpc) is 2.99. The molecule has 0 spiro atoms. The zero-order chi connectivity index (χ0) is 13.5. The summed E-state index contributed by atoms with van der Waals surface area (Å²) in [6.45, 7) is 0. The fraction of sp³-hybridized carbons (Fsp3) is 0.250. The Bertz CT molecular complexity index is 682. The molecule has 1 aromatic carbocycles. The highest BCUT2D eigenvalue weighted by Crippen LogP contribution is 2.32. The van der Waals surface area contributed by atoms with Gasteiger partial charge in [-0.2, -0.15) is 4.72 Å². The number of imidazole rings is 1. The molecule has 2 atom stereocenters. The van der Waals surface area contributed by atoms with Gasteiger partial charge < -0.3 is 10.1 Å². The summed E-state index contributed by atoms with van der Waals surface area (Å²) < 4.78 is 26.7. The van der Waals surface area contributed by atoms with Crippen LogP contribution >= 0.6 is 0 Å². The maximum absolute atomic E-state index is 12.1. The van der Waals surface area contributed by atoms with Crippen molar-refractivity contribution in [3.8, 4) is 0 Å². The van der Waals surface area contributed by atoms with Crippen LogP contribution in [0, 0.1) is 0 Å². The molecule has 19 heavy (non-hydrogen) atoms. The molecule has 3 rings (SSSR count). The minimum absolute atomic E-state index is 0.0101. The van der Waals surface area contributed by atoms with Crippen LogP contribution in [0.5, 0.6) is 0 Å². The van der Waals surface area contributed by atoms with Gasteiger partial charge in [-0.25, -0.2) is 13.4 Å². The minimum Gasteiger partial charge on any atom is -0.391 e. The Hall–Kier alpha value is -1.70. The minimum atomic E-state index is -3.70. The van der Waals surface area contributed by atoms with Crippen molar-refractivity contribution in [3.63, 3.8) is 0 Å². The van der Waals surface area contributed by atoms with Crippen LogP contribution in [0.15, 0.2) is 41.8 Å². The highest BCUT2D eigenvalue weighted by Gasteiger charge is 2.34. The number of aromatic amines is 1. The van der Waals surface area contributed by atoms with E-state index in [1.807, 2.05) is 24.3 Å². The van der Waals surface area contributed by atoms with Crippen molar-refractivity contribution in [3.05, 3.63) is 47.9 Å². The number of fused-ring (bicyclic) bond motifs is 1. The third kappa shape index (κ3) is 2.16. The Morgan fingerprint density at radius 3 is 2.89 bits per heavy atom. The monoisotopic (exact) mass is 279 g/mol. The van der Waals surface area contributed by atoms with Gasteiger partial charge in [0.15, 0.2) is 5.03 Å². The molecule has 1 aliphatic rings. The lowest BCUT2D eigenvalue weighted by Gasteiger charge is -2.17. The first-order chi connectivity index (χ1) is 9.08. The Morgan fingerprint density at radius 1 is 1.37 bits per heavy atom. The van der Waals surface area contributed by atoms with Crippen LogP contribution in [0.2, 0.25) is 0 Å². The van der Waals surface area contributed by atoms with Crippen molar-refractivity contribution < 1.29 is 13.5 Å². The summed E-state index contributed by atoms with van der Waals surface area (Å²) in [7, 11) is -3.70. The molecule has 0 unspecified atom stereocenters. The Labute approximate surface area is 110 Å². The van der Waals surface area contributed by atoms with E-state index < -0.39 is 22.2 Å². The first-order valence-electron chi connectivity index (χ1n) is 5.84. The van der Waals surface area contributed by atoms with E-state index in [9.17, 15) is 13.5 Å². The molecule has 100 valence electrons. The number of aromatic nitrogens is 2. The van der Waals surface area contributed by atoms with Crippen LogP contribution in [0.3, 0.4) is 0 Å². The molecular formula is C12H13N3O3S. The van der Waals surface area contributed by atoms with Crippen molar-refractivity contribution in [1.82, 2.24) is 14.7 Å². The van der Waals surface area contributed by atoms with E-state index in [-0.39, 0.29) is 5.03 Å². The van der Waals surface area contributed by atoms with Gasteiger partial charge in [0.25, 0.3) is 10.0 Å². The van der Waals surface area contributed by atoms with Gasteiger partial charge in [-0.15, -0.1) is 0 Å². The van der Waals surface area contributed by atoms with Gasteiger partial charge in [0, 0.05) is 6.42 Å². The van der Waals surface area contributed by atoms with Crippen LogP contribution in [-0.4, -0.2) is 29.6 Å². The number of aliphatic hydroxyl groups excluding tert-OH is 1. The van der Waals surface area contributed by atoms with E-state index in [0.29, 0.717) is 6.42 Å². The number of benzene rings is 1. The number of rotatable bonds is 3. The molecule has 1 heterocycles. The van der Waals surface area contributed by atoms with Crippen LogP contribution in [0.1, 0.15) is 17.2 Å². The second-order valence-corrected chi connectivity index (χ2v) is 6.17. The zero-order valence-corrected chi connectivity index (χ0v) is 10.8. The predicted molar refractivity (Wildman–Crippen MR) is 67.8 cm³/mol. The number of nitrogens with one attached hydrogen (secondary N) is 2. The summed E-state index contributed by atoms with van der Waals surface area (Å²) in [5, 5.41) is 10.0. The fourth-order valence-electron chi connectivity index (χ4n) is 2.34. The van der Waals surface area contributed by atoms with Gasteiger partial charge in [0.2, 0.25) is 0 Å². The molecule has 0 radical (unpaired) electrons. The molecule has 1 aliphatic carbocycles. The quantitative estimate of drug-likeness (QED) is 0.755. The molecule has 7 heteroatoms. The summed E-state index contributed by atoms with van der Waals surface area (Å²) >= 11 is 0. The molecule has 0 fully saturated rings. The molecule has 3 N–H and O–H groups in total. The molecule has 6 nitrogen and oxygen atoms in total. The van der Waals surface area contributed by atoms with Gasteiger partial charge in [0.05, 0.1) is 24.7 Å². The molecule has 2 aromatic rings. The SMILES string of the molecule is O=S(=O)(N[C@H]1c2ccccc2C[C@H]1O)c1cnc[nH]1. The van der Waals surface area contributed by atoms with Crippen LogP contribution in [-0.2, 0) is 16.4 Å². The van der Waals surface area contributed by atoms with E-state index in [1.54, 1.807) is 0 Å². The summed E-state index contributed by atoms with van der Waals surface area (Å²) in [5.41, 5.74) is 1.78. The predicted octanol–water partition coefficient (Wildman–Crippen LogP) is 0.346. The van der Waals surface area contributed by atoms with Crippen LogP contribution < -0.4 is 4.72 Å². The number of H-pyrrole nitrogens is 1. The number of hydrogen-bond acceptors (Lipinski definition) is 4. The molecule has 0 bridgehead atoms. The van der Waals surface area contributed by atoms with Gasteiger partial charge >= 0.3 is 0 Å². The van der Waals surface area contributed by atoms with Crippen LogP contribution in [0.25, 0.3) is 0 Å². The summed E-state index contributed by atoms with van der Waals surface area (Å²) in [4.78, 5) is 6.24. The molecule has 0 amide bonds. The number of nitrogens with zero attached hydrogens (tertiary/aromatic N) is 1. The van der Waals surface area contributed by atoms with Gasteiger partial charge in [0.1, 0.15) is 0 Å². The Balaban J connectivity index is 1.92. The highest BCUT2D eigenvalue weighted by molar-refractivity contribution is 7.89. The first kappa shape index (κ1) is 12.3. The summed E-state index contributed by atoms with van der Waals surface area (Å²) in [6, 6.07) is 6.80. The van der Waals surface area contributed by atoms with E-state index >= 15 is 0 Å². The zero-order valence-electron chi connectivity index (χ0n) is 9.95. The van der Waals surface area contributed by atoms with Crippen LogP contribution in [0.4, 0.5) is 0 Å². The van der Waals surface area contributed by atoms with Crippen molar-refractivity contribution in [2.45, 2.75) is 23.6 Å². The second kappa shape index (κ2) is 4.44. The third-order valence-electron chi connectivity index (χ3n) is 3.25. The molecule has 0 aliphatic heterocycles. The van der Waals surface area contributed by atoms with E-state index in [2.05, 4.69) is 14.7 Å². The fourth-order valence-corrected chi connectivity index (χ4v) is 3.49. The average molecular weight is 279 g/mol. The summed E-state index contributed by atoms with van der Waals surface area (Å²) in [6.07, 6.45) is 2.23. The molecule has 0 saturated heterocycles. The lowest BCUT2D eigenvalue weighted by Crippen LogP contribution is -2.34. The normalized spacial score (nSPS) is 22.4. The maximum atomic E-state index is 12.1. The Morgan fingerprint density at radius 2 is 2.16 bits per heavy atom. The molecule has 0 saturated carbocycles. The smallest absolute Gasteiger partial charge is 0.258 e. The second-order valence-electron chi connectivity index (χ2n) is 4.49. The van der Waals surface area contributed by atoms with Gasteiger partial charge in [-0.3, -0.25) is 0 Å². The standard InChI is InChI=1S/C12H13N3O3S/c16-10-5-8-3-1-2-4-9(8)12(10)15-19(17,18)11-6-13-7-14-11/h1-4,6-7,10,12,15-16H,5H2,(H,13,14)/t10-,12+/m1/s1. The first-order valence-corrected chi connectivity index (χ1v) is 7.33.